The molecule has 0 radical (unpaired) electrons. The van der Waals surface area contributed by atoms with E-state index >= 15 is 0 Å². The molecule has 0 rings (SSSR count). The Labute approximate surface area is 64.9 Å². The normalized spacial score (nSPS) is 12.3. The van der Waals surface area contributed by atoms with E-state index in [2.05, 4.69) is 9.22 Å². The highest BCUT2D eigenvalue weighted by molar-refractivity contribution is 7.85. The number of hydrogen-bond acceptors (Lipinski definition) is 5. The number of hydrogen-bond donors (Lipinski definition) is 0. The van der Waals surface area contributed by atoms with Crippen molar-refractivity contribution in [3.8, 4) is 6.07 Å². The molecular weight excluding hydrogens is 170 g/mol. The fraction of sp³-hybridized carbons (Fsp3) is 0.400. The molecule has 6 heteroatoms. The van der Waals surface area contributed by atoms with E-state index in [1.54, 1.807) is 6.07 Å². The molecule has 0 aromatic rings. The van der Waals surface area contributed by atoms with Gasteiger partial charge in [0.05, 0.1) is 17.9 Å². The van der Waals surface area contributed by atoms with Gasteiger partial charge in [-0.15, -0.1) is 0 Å². The third-order valence-electron chi connectivity index (χ3n) is 0.564. The highest BCUT2D eigenvalue weighted by Crippen LogP contribution is 1.93. The Bertz CT molecular complexity index is 284. The fourth-order valence-corrected chi connectivity index (χ4v) is 0.372. The summed E-state index contributed by atoms with van der Waals surface area (Å²) in [5, 5.41) is 8.16. The van der Waals surface area contributed by atoms with Crippen LogP contribution in [0.1, 0.15) is 6.92 Å². The molecule has 11 heavy (non-hydrogen) atoms. The van der Waals surface area contributed by atoms with Crippen molar-refractivity contribution in [3.63, 3.8) is 0 Å². The number of rotatable bonds is 3. The summed E-state index contributed by atoms with van der Waals surface area (Å²) in [5.41, 5.74) is 0.216. The van der Waals surface area contributed by atoms with Gasteiger partial charge in [0.1, 0.15) is 6.26 Å². The molecule has 62 valence electrons. The maximum absolute atomic E-state index is 10.2. The van der Waals surface area contributed by atoms with Gasteiger partial charge in [0, 0.05) is 0 Å². The monoisotopic (exact) mass is 177 g/mol. The van der Waals surface area contributed by atoms with Crippen molar-refractivity contribution in [1.29, 1.82) is 5.26 Å². The van der Waals surface area contributed by atoms with Crippen LogP contribution in [0.4, 0.5) is 0 Å². The molecule has 0 aromatic heterocycles. The Morgan fingerprint density at radius 2 is 2.18 bits per heavy atom. The number of nitrogens with zero attached hydrogens (tertiary/aromatic N) is 1. The molecule has 0 unspecified atom stereocenters. The van der Waals surface area contributed by atoms with E-state index in [0.29, 0.717) is 0 Å². The van der Waals surface area contributed by atoms with E-state index in [4.69, 9.17) is 5.26 Å². The standard InChI is InChI=1S/C5H7NO4S/c1-5(3-6)4-9-10-11(2,7)8/h4H,1-2H3. The molecule has 0 saturated heterocycles. The van der Waals surface area contributed by atoms with E-state index in [0.717, 1.165) is 12.5 Å². The van der Waals surface area contributed by atoms with Crippen molar-refractivity contribution in [3.05, 3.63) is 11.8 Å². The lowest BCUT2D eigenvalue weighted by atomic mass is 10.4. The maximum atomic E-state index is 10.2. The van der Waals surface area contributed by atoms with Gasteiger partial charge in [-0.1, -0.05) is 4.33 Å². The highest BCUT2D eigenvalue weighted by Gasteiger charge is 2.00. The summed E-state index contributed by atoms with van der Waals surface area (Å²) in [6.45, 7) is 1.45. The third-order valence-corrected chi connectivity index (χ3v) is 0.890. The Morgan fingerprint density at radius 3 is 2.55 bits per heavy atom. The number of allylic oxidation sites excluding steroid dienone is 1. The van der Waals surface area contributed by atoms with Gasteiger partial charge in [-0.2, -0.15) is 13.7 Å². The minimum atomic E-state index is -3.60. The van der Waals surface area contributed by atoms with Gasteiger partial charge in [-0.05, 0) is 6.92 Å². The molecule has 5 nitrogen and oxygen atoms in total. The number of nitriles is 1. The van der Waals surface area contributed by atoms with E-state index in [-0.39, 0.29) is 5.57 Å². The zero-order valence-electron chi connectivity index (χ0n) is 6.07. The van der Waals surface area contributed by atoms with Crippen LogP contribution in [-0.2, 0) is 19.3 Å². The predicted molar refractivity (Wildman–Crippen MR) is 36.4 cm³/mol. The lowest BCUT2D eigenvalue weighted by Crippen LogP contribution is -2.00. The van der Waals surface area contributed by atoms with Gasteiger partial charge >= 0.3 is 0 Å². The van der Waals surface area contributed by atoms with Gasteiger partial charge in [0.2, 0.25) is 0 Å². The molecule has 0 aliphatic heterocycles. The van der Waals surface area contributed by atoms with Crippen LogP contribution < -0.4 is 0 Å². The fourth-order valence-electron chi connectivity index (χ4n) is 0.190. The van der Waals surface area contributed by atoms with Crippen LogP contribution >= 0.6 is 0 Å². The Morgan fingerprint density at radius 1 is 1.64 bits per heavy atom. The molecule has 0 atom stereocenters. The smallest absolute Gasteiger partial charge is 0.300 e. The van der Waals surface area contributed by atoms with Crippen molar-refractivity contribution in [2.24, 2.45) is 0 Å². The molecule has 0 amide bonds. The first-order valence-electron chi connectivity index (χ1n) is 2.57. The van der Waals surface area contributed by atoms with E-state index in [1.807, 2.05) is 0 Å². The van der Waals surface area contributed by atoms with E-state index in [9.17, 15) is 8.42 Å². The second kappa shape index (κ2) is 3.95. The van der Waals surface area contributed by atoms with Crippen LogP contribution in [0.2, 0.25) is 0 Å². The first-order valence-corrected chi connectivity index (χ1v) is 4.39. The Kier molecular flexibility index (Phi) is 3.57. The zero-order valence-corrected chi connectivity index (χ0v) is 6.88. The highest BCUT2D eigenvalue weighted by atomic mass is 32.2. The second-order valence-corrected chi connectivity index (χ2v) is 3.33. The van der Waals surface area contributed by atoms with Crippen LogP contribution in [0.15, 0.2) is 11.8 Å². The summed E-state index contributed by atoms with van der Waals surface area (Å²) in [7, 11) is -3.60. The molecule has 0 bridgehead atoms. The lowest BCUT2D eigenvalue weighted by Gasteiger charge is -1.94. The largest absolute Gasteiger partial charge is 0.328 e. The van der Waals surface area contributed by atoms with Crippen molar-refractivity contribution in [2.45, 2.75) is 6.92 Å². The van der Waals surface area contributed by atoms with Gasteiger partial charge < -0.3 is 4.89 Å². The summed E-state index contributed by atoms with van der Waals surface area (Å²) < 4.78 is 24.3. The molecule has 0 fully saturated rings. The summed E-state index contributed by atoms with van der Waals surface area (Å²) >= 11 is 0. The minimum absolute atomic E-state index is 0.216. The average molecular weight is 177 g/mol. The van der Waals surface area contributed by atoms with Crippen molar-refractivity contribution < 1.29 is 17.6 Å². The quantitative estimate of drug-likeness (QED) is 0.268. The van der Waals surface area contributed by atoms with Gasteiger partial charge in [0.25, 0.3) is 10.1 Å². The average Bonchev–Trinajstić information content (AvgIpc) is 1.85. The van der Waals surface area contributed by atoms with Crippen molar-refractivity contribution in [1.82, 2.24) is 0 Å². The van der Waals surface area contributed by atoms with Crippen LogP contribution in [0.5, 0.6) is 0 Å². The second-order valence-electron chi connectivity index (χ2n) is 1.78. The van der Waals surface area contributed by atoms with Crippen molar-refractivity contribution >= 4 is 10.1 Å². The maximum Gasteiger partial charge on any atom is 0.300 e. The summed E-state index contributed by atoms with van der Waals surface area (Å²) in [5.74, 6) is 0. The Hall–Kier alpha value is -1.06. The summed E-state index contributed by atoms with van der Waals surface area (Å²) in [4.78, 5) is 4.08. The SMILES string of the molecule is CC(C#N)=COOS(C)(=O)=O. The lowest BCUT2D eigenvalue weighted by molar-refractivity contribution is -0.142. The molecule has 0 aliphatic carbocycles. The van der Waals surface area contributed by atoms with Crippen molar-refractivity contribution in [2.75, 3.05) is 6.26 Å². The van der Waals surface area contributed by atoms with Crippen LogP contribution in [0.25, 0.3) is 0 Å². The van der Waals surface area contributed by atoms with E-state index in [1.165, 1.54) is 6.92 Å². The molecule has 0 spiro atoms. The first kappa shape index (κ1) is 9.94. The summed E-state index contributed by atoms with van der Waals surface area (Å²) in [6.07, 6.45) is 1.74. The molecule has 0 heterocycles. The Balaban J connectivity index is 3.87. The summed E-state index contributed by atoms with van der Waals surface area (Å²) in [6, 6.07) is 1.71. The van der Waals surface area contributed by atoms with E-state index < -0.39 is 10.1 Å². The van der Waals surface area contributed by atoms with Crippen LogP contribution in [0.3, 0.4) is 0 Å². The zero-order chi connectivity index (χ0) is 8.91. The molecule has 0 saturated carbocycles. The molecule has 0 N–H and O–H groups in total. The van der Waals surface area contributed by atoms with Crippen LogP contribution in [0, 0.1) is 11.3 Å². The predicted octanol–water partition coefficient (Wildman–Crippen LogP) is 0.322. The van der Waals surface area contributed by atoms with Gasteiger partial charge in [-0.3, -0.25) is 0 Å². The molecule has 0 aliphatic rings. The molecular formula is C5H7NO4S. The van der Waals surface area contributed by atoms with Crippen LogP contribution in [-0.4, -0.2) is 14.7 Å². The van der Waals surface area contributed by atoms with Gasteiger partial charge in [-0.25, -0.2) is 0 Å². The minimum Gasteiger partial charge on any atom is -0.328 e. The third kappa shape index (κ3) is 6.83. The first-order chi connectivity index (χ1) is 4.95. The van der Waals surface area contributed by atoms with Gasteiger partial charge in [0.15, 0.2) is 0 Å². The molecule has 0 aromatic carbocycles. The topological polar surface area (TPSA) is 76.4 Å².